The van der Waals surface area contributed by atoms with E-state index in [2.05, 4.69) is 5.32 Å². The molecular formula is C5H12ClN3O2. The molecular weight excluding hydrogens is 170 g/mol. The van der Waals surface area contributed by atoms with Gasteiger partial charge in [0.25, 0.3) is 5.91 Å². The molecule has 5 N–H and O–H groups in total. The molecule has 0 bridgehead atoms. The quantitative estimate of drug-likeness (QED) is 0.217. The molecule has 1 aliphatic heterocycles. The molecule has 1 heterocycles. The molecule has 0 aliphatic carbocycles. The van der Waals surface area contributed by atoms with Crippen LogP contribution in [0.15, 0.2) is 0 Å². The Hall–Kier alpha value is -0.360. The molecule has 1 amide bonds. The van der Waals surface area contributed by atoms with Gasteiger partial charge in [-0.1, -0.05) is 0 Å². The normalized spacial score (nSPS) is 29.3. The van der Waals surface area contributed by atoms with Crippen molar-refractivity contribution in [3.63, 3.8) is 0 Å². The summed E-state index contributed by atoms with van der Waals surface area (Å²) >= 11 is 0. The SMILES string of the molecule is Cl.NNC(=O)[C@@H]1C[C@@H](O)CN1. The largest absolute Gasteiger partial charge is 0.392 e. The number of carbonyl (C=O) groups excluding carboxylic acids is 1. The summed E-state index contributed by atoms with van der Waals surface area (Å²) in [6.07, 6.45) is 0.0329. The second kappa shape index (κ2) is 4.50. The van der Waals surface area contributed by atoms with Crippen LogP contribution in [0.25, 0.3) is 0 Å². The summed E-state index contributed by atoms with van der Waals surface area (Å²) in [6.45, 7) is 0.470. The zero-order chi connectivity index (χ0) is 7.56. The summed E-state index contributed by atoms with van der Waals surface area (Å²) in [5.41, 5.74) is 2.01. The van der Waals surface area contributed by atoms with Gasteiger partial charge in [-0.3, -0.25) is 10.2 Å². The van der Waals surface area contributed by atoms with Gasteiger partial charge in [0.2, 0.25) is 0 Å². The average molecular weight is 182 g/mol. The van der Waals surface area contributed by atoms with Gasteiger partial charge in [-0.15, -0.1) is 12.4 Å². The minimum Gasteiger partial charge on any atom is -0.392 e. The van der Waals surface area contributed by atoms with E-state index < -0.39 is 6.10 Å². The second-order valence-electron chi connectivity index (χ2n) is 2.36. The molecule has 11 heavy (non-hydrogen) atoms. The van der Waals surface area contributed by atoms with Crippen LogP contribution in [0, 0.1) is 0 Å². The standard InChI is InChI=1S/C5H11N3O2.ClH/c6-8-5(10)4-1-3(9)2-7-4;/h3-4,7,9H,1-2,6H2,(H,8,10);1H/t3-,4+;/m1./s1. The lowest BCUT2D eigenvalue weighted by Gasteiger charge is -2.05. The molecule has 6 heteroatoms. The third-order valence-corrected chi connectivity index (χ3v) is 1.57. The number of nitrogens with two attached hydrogens (primary N) is 1. The van der Waals surface area contributed by atoms with Crippen LogP contribution in [0.1, 0.15) is 6.42 Å². The van der Waals surface area contributed by atoms with Crippen molar-refractivity contribution in [2.75, 3.05) is 6.54 Å². The minimum absolute atomic E-state index is 0. The van der Waals surface area contributed by atoms with Crippen molar-refractivity contribution in [3.8, 4) is 0 Å². The second-order valence-corrected chi connectivity index (χ2v) is 2.36. The fourth-order valence-corrected chi connectivity index (χ4v) is 1.02. The number of aliphatic hydroxyl groups excluding tert-OH is 1. The zero-order valence-electron chi connectivity index (χ0n) is 5.91. The van der Waals surface area contributed by atoms with Crippen molar-refractivity contribution in [2.24, 2.45) is 5.84 Å². The summed E-state index contributed by atoms with van der Waals surface area (Å²) in [6, 6.07) is -0.319. The summed E-state index contributed by atoms with van der Waals surface area (Å²) in [5, 5.41) is 11.8. The molecule has 0 spiro atoms. The number of β-amino-alcohol motifs (C(OH)–C–C–N with tert-alkyl or cyclic N) is 1. The van der Waals surface area contributed by atoms with Crippen LogP contribution < -0.4 is 16.6 Å². The van der Waals surface area contributed by atoms with Crippen LogP contribution in [-0.4, -0.2) is 29.7 Å². The van der Waals surface area contributed by atoms with Gasteiger partial charge in [0.15, 0.2) is 0 Å². The number of aliphatic hydroxyl groups is 1. The highest BCUT2D eigenvalue weighted by Crippen LogP contribution is 2.04. The molecule has 1 aliphatic rings. The van der Waals surface area contributed by atoms with Crippen LogP contribution in [0.5, 0.6) is 0 Å². The van der Waals surface area contributed by atoms with Gasteiger partial charge < -0.3 is 10.4 Å². The number of nitrogens with one attached hydrogen (secondary N) is 2. The topological polar surface area (TPSA) is 87.4 Å². The highest BCUT2D eigenvalue weighted by atomic mass is 35.5. The van der Waals surface area contributed by atoms with Gasteiger partial charge in [-0.2, -0.15) is 0 Å². The maximum absolute atomic E-state index is 10.7. The van der Waals surface area contributed by atoms with E-state index in [0.29, 0.717) is 13.0 Å². The molecule has 0 aromatic heterocycles. The molecule has 2 atom stereocenters. The van der Waals surface area contributed by atoms with Gasteiger partial charge in [0.1, 0.15) is 0 Å². The summed E-state index contributed by atoms with van der Waals surface area (Å²) < 4.78 is 0. The number of hydrogen-bond acceptors (Lipinski definition) is 4. The van der Waals surface area contributed by atoms with Crippen molar-refractivity contribution in [3.05, 3.63) is 0 Å². The lowest BCUT2D eigenvalue weighted by Crippen LogP contribution is -2.43. The molecule has 0 saturated carbocycles. The van der Waals surface area contributed by atoms with E-state index in [1.54, 1.807) is 0 Å². The molecule has 0 unspecified atom stereocenters. The number of hydrogen-bond donors (Lipinski definition) is 4. The molecule has 0 aromatic rings. The Morgan fingerprint density at radius 1 is 1.73 bits per heavy atom. The van der Waals surface area contributed by atoms with E-state index in [-0.39, 0.29) is 24.4 Å². The minimum atomic E-state index is -0.415. The molecule has 66 valence electrons. The first-order valence-corrected chi connectivity index (χ1v) is 3.16. The van der Waals surface area contributed by atoms with E-state index in [1.165, 1.54) is 0 Å². The maximum atomic E-state index is 10.7. The van der Waals surface area contributed by atoms with E-state index in [0.717, 1.165) is 0 Å². The Morgan fingerprint density at radius 3 is 2.73 bits per heavy atom. The lowest BCUT2D eigenvalue weighted by molar-refractivity contribution is -0.123. The summed E-state index contributed by atoms with van der Waals surface area (Å²) in [4.78, 5) is 10.7. The van der Waals surface area contributed by atoms with E-state index in [4.69, 9.17) is 10.9 Å². The Kier molecular flexibility index (Phi) is 4.36. The highest BCUT2D eigenvalue weighted by Gasteiger charge is 2.27. The van der Waals surface area contributed by atoms with Crippen molar-refractivity contribution >= 4 is 18.3 Å². The van der Waals surface area contributed by atoms with Crippen molar-refractivity contribution in [1.82, 2.24) is 10.7 Å². The van der Waals surface area contributed by atoms with Crippen molar-refractivity contribution in [1.29, 1.82) is 0 Å². The lowest BCUT2D eigenvalue weighted by atomic mass is 10.2. The van der Waals surface area contributed by atoms with Crippen LogP contribution in [0.4, 0.5) is 0 Å². The fourth-order valence-electron chi connectivity index (χ4n) is 1.02. The van der Waals surface area contributed by atoms with E-state index in [1.807, 2.05) is 5.43 Å². The van der Waals surface area contributed by atoms with Crippen LogP contribution in [-0.2, 0) is 4.79 Å². The van der Waals surface area contributed by atoms with Gasteiger partial charge in [-0.05, 0) is 6.42 Å². The zero-order valence-corrected chi connectivity index (χ0v) is 6.73. The third kappa shape index (κ3) is 2.63. The van der Waals surface area contributed by atoms with Crippen LogP contribution >= 0.6 is 12.4 Å². The summed E-state index contributed by atoms with van der Waals surface area (Å²) in [5.74, 6) is 4.61. The molecule has 0 aromatic carbocycles. The Morgan fingerprint density at radius 2 is 2.36 bits per heavy atom. The van der Waals surface area contributed by atoms with Crippen LogP contribution in [0.2, 0.25) is 0 Å². The smallest absolute Gasteiger partial charge is 0.251 e. The molecule has 1 fully saturated rings. The number of hydrazine groups is 1. The number of carbonyl (C=O) groups is 1. The van der Waals surface area contributed by atoms with Crippen LogP contribution in [0.3, 0.4) is 0 Å². The maximum Gasteiger partial charge on any atom is 0.251 e. The molecule has 1 rings (SSSR count). The van der Waals surface area contributed by atoms with Gasteiger partial charge in [0.05, 0.1) is 12.1 Å². The van der Waals surface area contributed by atoms with E-state index >= 15 is 0 Å². The monoisotopic (exact) mass is 181 g/mol. The highest BCUT2D eigenvalue weighted by molar-refractivity contribution is 5.85. The first-order chi connectivity index (χ1) is 4.74. The van der Waals surface area contributed by atoms with Gasteiger partial charge >= 0.3 is 0 Å². The van der Waals surface area contributed by atoms with E-state index in [9.17, 15) is 4.79 Å². The Bertz CT molecular complexity index is 144. The number of amides is 1. The van der Waals surface area contributed by atoms with Crippen molar-refractivity contribution < 1.29 is 9.90 Å². The van der Waals surface area contributed by atoms with Gasteiger partial charge in [0, 0.05) is 6.54 Å². The molecule has 5 nitrogen and oxygen atoms in total. The number of halogens is 1. The van der Waals surface area contributed by atoms with Crippen molar-refractivity contribution in [2.45, 2.75) is 18.6 Å². The number of rotatable bonds is 1. The predicted molar refractivity (Wildman–Crippen MR) is 42.0 cm³/mol. The average Bonchev–Trinajstić information content (AvgIpc) is 2.34. The summed E-state index contributed by atoms with van der Waals surface area (Å²) in [7, 11) is 0. The van der Waals surface area contributed by atoms with Gasteiger partial charge in [-0.25, -0.2) is 5.84 Å². The molecule has 1 saturated heterocycles. The predicted octanol–water partition coefficient (Wildman–Crippen LogP) is -1.88. The Balaban J connectivity index is 0.000001000. The fraction of sp³-hybridized carbons (Fsp3) is 0.800. The Labute approximate surface area is 70.7 Å². The first-order valence-electron chi connectivity index (χ1n) is 3.16. The first kappa shape index (κ1) is 10.6. The third-order valence-electron chi connectivity index (χ3n) is 1.57. The molecule has 0 radical (unpaired) electrons.